The van der Waals surface area contributed by atoms with Crippen LogP contribution in [0, 0.1) is 0 Å². The number of halogens is 1. The van der Waals surface area contributed by atoms with Gasteiger partial charge in [-0.3, -0.25) is 19.3 Å². The first kappa shape index (κ1) is 22.9. The molecule has 2 atom stereocenters. The molecule has 0 fully saturated rings. The normalized spacial score (nSPS) is 15.9. The number of hydrogen-bond acceptors (Lipinski definition) is 5. The summed E-state index contributed by atoms with van der Waals surface area (Å²) in [5.74, 6) is -3.15. The van der Waals surface area contributed by atoms with Gasteiger partial charge < -0.3 is 15.2 Å². The van der Waals surface area contributed by atoms with Crippen LogP contribution in [0.1, 0.15) is 23.1 Å². The first-order valence-corrected chi connectivity index (χ1v) is 10.0. The molecule has 2 aromatic carbocycles. The van der Waals surface area contributed by atoms with Crippen molar-refractivity contribution in [1.82, 2.24) is 10.2 Å². The lowest BCUT2D eigenvalue weighted by Crippen LogP contribution is -2.56. The van der Waals surface area contributed by atoms with Crippen molar-refractivity contribution in [3.8, 4) is 0 Å². The zero-order chi connectivity index (χ0) is 23.1. The summed E-state index contributed by atoms with van der Waals surface area (Å²) in [7, 11) is 0. The van der Waals surface area contributed by atoms with Crippen molar-refractivity contribution in [2.24, 2.45) is 0 Å². The highest BCUT2D eigenvalue weighted by molar-refractivity contribution is 5.95. The van der Waals surface area contributed by atoms with Crippen LogP contribution in [0.3, 0.4) is 0 Å². The van der Waals surface area contributed by atoms with E-state index >= 15 is 0 Å². The molecule has 1 aliphatic rings. The molecule has 1 unspecified atom stereocenters. The fourth-order valence-corrected chi connectivity index (χ4v) is 3.53. The number of carboxylic acid groups (broad SMARTS) is 1. The minimum absolute atomic E-state index is 0.00807. The molecule has 0 aliphatic carbocycles. The van der Waals surface area contributed by atoms with Crippen LogP contribution in [-0.4, -0.2) is 52.5 Å². The SMILES string of the molecule is O=C(O)CC(NC(=O)[C@@H]1Cc2ccccc2CN1C(=O)OCc1ccccc1)C(=O)CF. The third-order valence-electron chi connectivity index (χ3n) is 5.21. The molecular formula is C23H23FN2O6. The Bertz CT molecular complexity index is 997. The highest BCUT2D eigenvalue weighted by Gasteiger charge is 2.37. The second-order valence-corrected chi connectivity index (χ2v) is 7.42. The Morgan fingerprint density at radius 2 is 1.72 bits per heavy atom. The summed E-state index contributed by atoms with van der Waals surface area (Å²) in [4.78, 5) is 49.9. The van der Waals surface area contributed by atoms with Crippen LogP contribution >= 0.6 is 0 Å². The van der Waals surface area contributed by atoms with Crippen LogP contribution in [-0.2, 0) is 38.7 Å². The minimum atomic E-state index is -1.52. The van der Waals surface area contributed by atoms with Crippen LogP contribution < -0.4 is 5.32 Å². The van der Waals surface area contributed by atoms with Crippen molar-refractivity contribution in [2.75, 3.05) is 6.67 Å². The lowest BCUT2D eigenvalue weighted by Gasteiger charge is -2.35. The van der Waals surface area contributed by atoms with Gasteiger partial charge in [-0.05, 0) is 16.7 Å². The quantitative estimate of drug-likeness (QED) is 0.648. The molecule has 2 amide bonds. The van der Waals surface area contributed by atoms with Crippen molar-refractivity contribution < 1.29 is 33.4 Å². The van der Waals surface area contributed by atoms with E-state index in [1.165, 1.54) is 4.90 Å². The predicted molar refractivity (Wildman–Crippen MR) is 111 cm³/mol. The number of carbonyl (C=O) groups is 4. The number of nitrogens with one attached hydrogen (secondary N) is 1. The molecule has 2 aromatic rings. The summed E-state index contributed by atoms with van der Waals surface area (Å²) < 4.78 is 18.3. The smallest absolute Gasteiger partial charge is 0.411 e. The largest absolute Gasteiger partial charge is 0.481 e. The van der Waals surface area contributed by atoms with E-state index in [2.05, 4.69) is 5.32 Å². The molecule has 0 aromatic heterocycles. The maximum atomic E-state index is 13.0. The van der Waals surface area contributed by atoms with Crippen molar-refractivity contribution in [3.05, 3.63) is 71.3 Å². The van der Waals surface area contributed by atoms with Crippen LogP contribution in [0.15, 0.2) is 54.6 Å². The summed E-state index contributed by atoms with van der Waals surface area (Å²) in [6.07, 6.45) is -1.34. The van der Waals surface area contributed by atoms with Crippen LogP contribution in [0.4, 0.5) is 9.18 Å². The first-order chi connectivity index (χ1) is 15.4. The van der Waals surface area contributed by atoms with E-state index < -0.39 is 48.9 Å². The molecular weight excluding hydrogens is 419 g/mol. The Labute approximate surface area is 184 Å². The highest BCUT2D eigenvalue weighted by Crippen LogP contribution is 2.24. The zero-order valence-corrected chi connectivity index (χ0v) is 17.2. The van der Waals surface area contributed by atoms with Gasteiger partial charge in [-0.2, -0.15) is 0 Å². The van der Waals surface area contributed by atoms with Gasteiger partial charge in [0.15, 0.2) is 5.78 Å². The number of carboxylic acids is 1. The van der Waals surface area contributed by atoms with Crippen molar-refractivity contribution >= 4 is 23.8 Å². The molecule has 32 heavy (non-hydrogen) atoms. The standard InChI is InChI=1S/C23H23FN2O6/c24-12-20(27)18(11-21(28)29)25-22(30)19-10-16-8-4-5-9-17(16)13-26(19)23(31)32-14-15-6-2-1-3-7-15/h1-9,18-19H,10-14H2,(H,25,30)(H,28,29)/t18?,19-/m0/s1. The fourth-order valence-electron chi connectivity index (χ4n) is 3.53. The number of amides is 2. The van der Waals surface area contributed by atoms with Gasteiger partial charge in [0, 0.05) is 6.42 Å². The molecule has 9 heteroatoms. The number of fused-ring (bicyclic) bond motifs is 1. The number of ether oxygens (including phenoxy) is 1. The molecule has 1 aliphatic heterocycles. The first-order valence-electron chi connectivity index (χ1n) is 10.0. The number of nitrogens with zero attached hydrogens (tertiary/aromatic N) is 1. The van der Waals surface area contributed by atoms with Gasteiger partial charge in [0.25, 0.3) is 0 Å². The van der Waals surface area contributed by atoms with E-state index in [0.717, 1.165) is 16.7 Å². The van der Waals surface area contributed by atoms with E-state index in [-0.39, 0.29) is 19.6 Å². The third kappa shape index (κ3) is 5.69. The number of hydrogen-bond donors (Lipinski definition) is 2. The van der Waals surface area contributed by atoms with Gasteiger partial charge in [-0.1, -0.05) is 54.6 Å². The Hall–Kier alpha value is -3.75. The second-order valence-electron chi connectivity index (χ2n) is 7.42. The number of benzene rings is 2. The molecule has 0 saturated carbocycles. The molecule has 0 bridgehead atoms. The monoisotopic (exact) mass is 442 g/mol. The van der Waals surface area contributed by atoms with E-state index in [4.69, 9.17) is 9.84 Å². The lowest BCUT2D eigenvalue weighted by molar-refractivity contribution is -0.140. The Morgan fingerprint density at radius 3 is 2.38 bits per heavy atom. The van der Waals surface area contributed by atoms with Gasteiger partial charge in [-0.15, -0.1) is 0 Å². The Morgan fingerprint density at radius 1 is 1.06 bits per heavy atom. The Kier molecular flexibility index (Phi) is 7.54. The van der Waals surface area contributed by atoms with E-state index in [1.807, 2.05) is 24.3 Å². The van der Waals surface area contributed by atoms with Crippen LogP contribution in [0.2, 0.25) is 0 Å². The number of ketones is 1. The van der Waals surface area contributed by atoms with Gasteiger partial charge >= 0.3 is 12.1 Å². The summed E-state index contributed by atoms with van der Waals surface area (Å²) in [5, 5.41) is 11.3. The summed E-state index contributed by atoms with van der Waals surface area (Å²) in [5.41, 5.74) is 2.45. The molecule has 3 rings (SSSR count). The van der Waals surface area contributed by atoms with E-state index in [0.29, 0.717) is 0 Å². The fraction of sp³-hybridized carbons (Fsp3) is 0.304. The molecule has 168 valence electrons. The topological polar surface area (TPSA) is 113 Å². The summed E-state index contributed by atoms with van der Waals surface area (Å²) in [6.45, 7) is -1.30. The van der Waals surface area contributed by atoms with Crippen molar-refractivity contribution in [3.63, 3.8) is 0 Å². The summed E-state index contributed by atoms with van der Waals surface area (Å²) >= 11 is 0. The molecule has 1 heterocycles. The van der Waals surface area contributed by atoms with Gasteiger partial charge in [0.1, 0.15) is 25.4 Å². The third-order valence-corrected chi connectivity index (χ3v) is 5.21. The zero-order valence-electron chi connectivity index (χ0n) is 17.2. The minimum Gasteiger partial charge on any atom is -0.481 e. The molecule has 0 saturated heterocycles. The number of rotatable bonds is 8. The number of alkyl halides is 1. The molecule has 0 spiro atoms. The average molecular weight is 442 g/mol. The second kappa shape index (κ2) is 10.5. The van der Waals surface area contributed by atoms with Crippen LogP contribution in [0.25, 0.3) is 0 Å². The van der Waals surface area contributed by atoms with Crippen LogP contribution in [0.5, 0.6) is 0 Å². The molecule has 2 N–H and O–H groups in total. The van der Waals surface area contributed by atoms with Gasteiger partial charge in [-0.25, -0.2) is 9.18 Å². The van der Waals surface area contributed by atoms with E-state index in [1.54, 1.807) is 30.3 Å². The summed E-state index contributed by atoms with van der Waals surface area (Å²) in [6, 6.07) is 13.7. The maximum Gasteiger partial charge on any atom is 0.411 e. The van der Waals surface area contributed by atoms with Gasteiger partial charge in [0.2, 0.25) is 5.91 Å². The van der Waals surface area contributed by atoms with E-state index in [9.17, 15) is 23.6 Å². The lowest BCUT2D eigenvalue weighted by atomic mass is 9.93. The predicted octanol–water partition coefficient (Wildman–Crippen LogP) is 2.25. The number of carbonyl (C=O) groups excluding carboxylic acids is 3. The number of aliphatic carboxylic acids is 1. The van der Waals surface area contributed by atoms with Crippen molar-refractivity contribution in [2.45, 2.75) is 38.1 Å². The number of Topliss-reactive ketones (excluding diaryl/α,β-unsaturated/α-hetero) is 1. The maximum absolute atomic E-state index is 13.0. The van der Waals surface area contributed by atoms with Gasteiger partial charge in [0.05, 0.1) is 13.0 Å². The Balaban J connectivity index is 1.79. The average Bonchev–Trinajstić information content (AvgIpc) is 2.81. The molecule has 0 radical (unpaired) electrons. The highest BCUT2D eigenvalue weighted by atomic mass is 19.1. The molecule has 8 nitrogen and oxygen atoms in total. The van der Waals surface area contributed by atoms with Crippen molar-refractivity contribution in [1.29, 1.82) is 0 Å².